The molecule has 3 N–H and O–H groups in total. The van der Waals surface area contributed by atoms with Gasteiger partial charge in [-0.3, -0.25) is 0 Å². The third-order valence-electron chi connectivity index (χ3n) is 3.05. The maximum atomic E-state index is 12.2. The minimum absolute atomic E-state index is 0.136. The molecule has 0 saturated carbocycles. The van der Waals surface area contributed by atoms with Crippen molar-refractivity contribution in [2.45, 2.75) is 53.5 Å². The molecular formula is C15H30N2O4. The van der Waals surface area contributed by atoms with Gasteiger partial charge in [0.25, 0.3) is 0 Å². The minimum Gasteiger partial charge on any atom is -0.480 e. The van der Waals surface area contributed by atoms with E-state index in [1.54, 1.807) is 0 Å². The lowest BCUT2D eigenvalue weighted by atomic mass is 9.88. The van der Waals surface area contributed by atoms with Gasteiger partial charge in [-0.05, 0) is 24.2 Å². The number of nitrogens with one attached hydrogen (secondary N) is 1. The van der Waals surface area contributed by atoms with E-state index in [2.05, 4.69) is 19.2 Å². The first-order chi connectivity index (χ1) is 9.56. The van der Waals surface area contributed by atoms with Crippen LogP contribution in [0.2, 0.25) is 0 Å². The van der Waals surface area contributed by atoms with E-state index in [-0.39, 0.29) is 18.6 Å². The first-order valence-corrected chi connectivity index (χ1v) is 7.46. The Morgan fingerprint density at radius 1 is 1.19 bits per heavy atom. The Kier molecular flexibility index (Phi) is 8.32. The molecule has 0 rings (SSSR count). The molecule has 6 nitrogen and oxygen atoms in total. The molecule has 0 aromatic heterocycles. The van der Waals surface area contributed by atoms with Gasteiger partial charge in [0.05, 0.1) is 6.61 Å². The second-order valence-corrected chi connectivity index (χ2v) is 7.00. The van der Waals surface area contributed by atoms with Crippen LogP contribution in [0.1, 0.15) is 47.5 Å². The predicted octanol–water partition coefficient (Wildman–Crippen LogP) is 1.93. The molecule has 0 aliphatic heterocycles. The Labute approximate surface area is 127 Å². The lowest BCUT2D eigenvalue weighted by Gasteiger charge is -2.28. The van der Waals surface area contributed by atoms with Crippen molar-refractivity contribution in [3.63, 3.8) is 0 Å². The molecule has 0 aromatic rings. The van der Waals surface area contributed by atoms with Crippen LogP contribution in [0, 0.1) is 11.3 Å². The molecule has 2 amide bonds. The Morgan fingerprint density at radius 3 is 2.14 bits per heavy atom. The van der Waals surface area contributed by atoms with Gasteiger partial charge in [-0.2, -0.15) is 0 Å². The second-order valence-electron chi connectivity index (χ2n) is 7.00. The van der Waals surface area contributed by atoms with E-state index in [1.165, 1.54) is 4.90 Å². The summed E-state index contributed by atoms with van der Waals surface area (Å²) in [5, 5.41) is 20.8. The van der Waals surface area contributed by atoms with Crippen LogP contribution in [0.25, 0.3) is 0 Å². The zero-order valence-electron chi connectivity index (χ0n) is 13.8. The van der Waals surface area contributed by atoms with Crippen molar-refractivity contribution >= 4 is 12.0 Å². The number of nitrogens with zero attached hydrogens (tertiary/aromatic N) is 1. The number of carboxylic acids is 1. The Hall–Kier alpha value is -1.30. The summed E-state index contributed by atoms with van der Waals surface area (Å²) in [6, 6.07) is -1.35. The molecule has 0 heterocycles. The molecule has 1 atom stereocenters. The number of urea groups is 1. The Balaban J connectivity index is 4.70. The van der Waals surface area contributed by atoms with Crippen molar-refractivity contribution in [3.05, 3.63) is 0 Å². The molecule has 1 unspecified atom stereocenters. The molecular weight excluding hydrogens is 272 g/mol. The molecule has 0 bridgehead atoms. The molecule has 0 fully saturated rings. The first-order valence-electron chi connectivity index (χ1n) is 7.46. The second kappa shape index (κ2) is 8.87. The van der Waals surface area contributed by atoms with Gasteiger partial charge in [0.2, 0.25) is 0 Å². The highest BCUT2D eigenvalue weighted by molar-refractivity contribution is 5.82. The van der Waals surface area contributed by atoms with Crippen LogP contribution >= 0.6 is 0 Å². The monoisotopic (exact) mass is 302 g/mol. The van der Waals surface area contributed by atoms with Gasteiger partial charge < -0.3 is 20.4 Å². The van der Waals surface area contributed by atoms with Gasteiger partial charge in [-0.1, -0.05) is 34.6 Å². The van der Waals surface area contributed by atoms with Gasteiger partial charge in [0.15, 0.2) is 0 Å². The van der Waals surface area contributed by atoms with Gasteiger partial charge in [0, 0.05) is 13.1 Å². The smallest absolute Gasteiger partial charge is 0.326 e. The fourth-order valence-electron chi connectivity index (χ4n) is 1.90. The van der Waals surface area contributed by atoms with Crippen molar-refractivity contribution in [3.8, 4) is 0 Å². The molecule has 0 spiro atoms. The summed E-state index contributed by atoms with van der Waals surface area (Å²) in [6.07, 6.45) is 1.16. The van der Waals surface area contributed by atoms with E-state index < -0.39 is 18.0 Å². The minimum atomic E-state index is -1.04. The molecule has 124 valence electrons. The fraction of sp³-hybridized carbons (Fsp3) is 0.867. The van der Waals surface area contributed by atoms with Gasteiger partial charge in [-0.15, -0.1) is 0 Å². The summed E-state index contributed by atoms with van der Waals surface area (Å²) in [7, 11) is 0. The topological polar surface area (TPSA) is 89.9 Å². The number of aliphatic carboxylic acids is 1. The SMILES string of the molecule is CC(C)CCN(CCO)C(=O)NC(CC(C)(C)C)C(=O)O. The maximum Gasteiger partial charge on any atom is 0.326 e. The molecule has 0 aromatic carbocycles. The first kappa shape index (κ1) is 19.7. The third kappa shape index (κ3) is 9.28. The number of carboxylic acid groups (broad SMARTS) is 1. The summed E-state index contributed by atoms with van der Waals surface area (Å²) in [5.41, 5.74) is -0.198. The van der Waals surface area contributed by atoms with Crippen LogP contribution in [0.3, 0.4) is 0 Å². The highest BCUT2D eigenvalue weighted by Gasteiger charge is 2.27. The van der Waals surface area contributed by atoms with E-state index in [9.17, 15) is 14.7 Å². The van der Waals surface area contributed by atoms with Gasteiger partial charge in [-0.25, -0.2) is 9.59 Å². The number of hydrogen-bond acceptors (Lipinski definition) is 3. The number of rotatable bonds is 8. The third-order valence-corrected chi connectivity index (χ3v) is 3.05. The molecule has 0 saturated heterocycles. The van der Waals surface area contributed by atoms with Crippen molar-refractivity contribution in [1.82, 2.24) is 10.2 Å². The fourth-order valence-corrected chi connectivity index (χ4v) is 1.90. The predicted molar refractivity (Wildman–Crippen MR) is 82.1 cm³/mol. The summed E-state index contributed by atoms with van der Waals surface area (Å²) in [6.45, 7) is 10.5. The van der Waals surface area contributed by atoms with Crippen LogP contribution in [-0.2, 0) is 4.79 Å². The number of hydrogen-bond donors (Lipinski definition) is 3. The van der Waals surface area contributed by atoms with E-state index in [1.807, 2.05) is 20.8 Å². The number of carbonyl (C=O) groups excluding carboxylic acids is 1. The van der Waals surface area contributed by atoms with Crippen LogP contribution in [0.15, 0.2) is 0 Å². The highest BCUT2D eigenvalue weighted by atomic mass is 16.4. The summed E-state index contributed by atoms with van der Waals surface area (Å²) < 4.78 is 0. The van der Waals surface area contributed by atoms with E-state index in [4.69, 9.17) is 5.11 Å². The summed E-state index contributed by atoms with van der Waals surface area (Å²) in [5.74, 6) is -0.602. The van der Waals surface area contributed by atoms with E-state index in [0.29, 0.717) is 18.9 Å². The molecule has 21 heavy (non-hydrogen) atoms. The number of aliphatic hydroxyl groups excluding tert-OH is 1. The number of amides is 2. The molecule has 0 aliphatic carbocycles. The summed E-state index contributed by atoms with van der Waals surface area (Å²) >= 11 is 0. The Bertz CT molecular complexity index is 337. The maximum absolute atomic E-state index is 12.2. The van der Waals surface area contributed by atoms with Crippen LogP contribution in [-0.4, -0.2) is 52.9 Å². The van der Waals surface area contributed by atoms with Crippen LogP contribution < -0.4 is 5.32 Å². The zero-order chi connectivity index (χ0) is 16.6. The van der Waals surface area contributed by atoms with E-state index >= 15 is 0 Å². The van der Waals surface area contributed by atoms with Gasteiger partial charge >= 0.3 is 12.0 Å². The molecule has 6 heteroatoms. The summed E-state index contributed by atoms with van der Waals surface area (Å²) in [4.78, 5) is 24.9. The lowest BCUT2D eigenvalue weighted by molar-refractivity contribution is -0.140. The highest BCUT2D eigenvalue weighted by Crippen LogP contribution is 2.21. The average molecular weight is 302 g/mol. The average Bonchev–Trinajstić information content (AvgIpc) is 2.31. The van der Waals surface area contributed by atoms with Crippen molar-refractivity contribution < 1.29 is 19.8 Å². The number of carbonyl (C=O) groups is 2. The molecule has 0 aliphatic rings. The van der Waals surface area contributed by atoms with E-state index in [0.717, 1.165) is 6.42 Å². The van der Waals surface area contributed by atoms with Crippen molar-refractivity contribution in [1.29, 1.82) is 0 Å². The van der Waals surface area contributed by atoms with Gasteiger partial charge in [0.1, 0.15) is 6.04 Å². The van der Waals surface area contributed by atoms with Crippen molar-refractivity contribution in [2.24, 2.45) is 11.3 Å². The van der Waals surface area contributed by atoms with Crippen LogP contribution in [0.4, 0.5) is 4.79 Å². The lowest BCUT2D eigenvalue weighted by Crippen LogP contribution is -2.50. The standard InChI is InChI=1S/C15H30N2O4/c1-11(2)6-7-17(8-9-18)14(21)16-12(13(19)20)10-15(3,4)5/h11-12,18H,6-10H2,1-5H3,(H,16,21)(H,19,20). The largest absolute Gasteiger partial charge is 0.480 e. The number of aliphatic hydroxyl groups is 1. The van der Waals surface area contributed by atoms with Crippen molar-refractivity contribution in [2.75, 3.05) is 19.7 Å². The zero-order valence-corrected chi connectivity index (χ0v) is 13.8. The van der Waals surface area contributed by atoms with Crippen LogP contribution in [0.5, 0.6) is 0 Å². The quantitative estimate of drug-likeness (QED) is 0.639. The Morgan fingerprint density at radius 2 is 1.76 bits per heavy atom. The molecule has 0 radical (unpaired) electrons. The normalized spacial score (nSPS) is 13.1.